The van der Waals surface area contributed by atoms with Crippen LogP contribution in [0.5, 0.6) is 11.5 Å². The molecule has 0 aliphatic carbocycles. The summed E-state index contributed by atoms with van der Waals surface area (Å²) in [6.45, 7) is 4.09. The van der Waals surface area contributed by atoms with Gasteiger partial charge in [0.15, 0.2) is 0 Å². The molecule has 106 valence electrons. The van der Waals surface area contributed by atoms with Crippen LogP contribution < -0.4 is 10.5 Å². The molecule has 0 bridgehead atoms. The van der Waals surface area contributed by atoms with E-state index in [0.29, 0.717) is 5.75 Å². The van der Waals surface area contributed by atoms with E-state index in [1.54, 1.807) is 12.1 Å². The summed E-state index contributed by atoms with van der Waals surface area (Å²) in [7, 11) is 0. The maximum atomic E-state index is 12.8. The second kappa shape index (κ2) is 6.53. The van der Waals surface area contributed by atoms with Crippen molar-refractivity contribution >= 4 is 0 Å². The van der Waals surface area contributed by atoms with Crippen molar-refractivity contribution in [3.63, 3.8) is 0 Å². The summed E-state index contributed by atoms with van der Waals surface area (Å²) in [6.07, 6.45) is 1.83. The highest BCUT2D eigenvalue weighted by Crippen LogP contribution is 2.26. The molecule has 3 heteroatoms. The van der Waals surface area contributed by atoms with Gasteiger partial charge >= 0.3 is 0 Å². The van der Waals surface area contributed by atoms with E-state index in [1.807, 2.05) is 19.1 Å². The van der Waals surface area contributed by atoms with Crippen molar-refractivity contribution in [3.8, 4) is 11.5 Å². The third kappa shape index (κ3) is 3.81. The maximum absolute atomic E-state index is 12.8. The van der Waals surface area contributed by atoms with Crippen LogP contribution in [0.25, 0.3) is 0 Å². The molecular formula is C17H20FNO. The zero-order valence-electron chi connectivity index (χ0n) is 11.9. The zero-order chi connectivity index (χ0) is 14.5. The van der Waals surface area contributed by atoms with E-state index in [4.69, 9.17) is 10.5 Å². The lowest BCUT2D eigenvalue weighted by Gasteiger charge is -2.12. The lowest BCUT2D eigenvalue weighted by atomic mass is 10.0. The average Bonchev–Trinajstić information content (AvgIpc) is 2.44. The van der Waals surface area contributed by atoms with Gasteiger partial charge < -0.3 is 10.5 Å². The molecular weight excluding hydrogens is 253 g/mol. The molecule has 0 amide bonds. The van der Waals surface area contributed by atoms with Crippen molar-refractivity contribution in [3.05, 3.63) is 59.4 Å². The van der Waals surface area contributed by atoms with Crippen molar-refractivity contribution < 1.29 is 9.13 Å². The lowest BCUT2D eigenvalue weighted by molar-refractivity contribution is 0.476. The van der Waals surface area contributed by atoms with Gasteiger partial charge in [0.2, 0.25) is 0 Å². The van der Waals surface area contributed by atoms with E-state index < -0.39 is 0 Å². The van der Waals surface area contributed by atoms with E-state index in [2.05, 4.69) is 13.0 Å². The normalized spacial score (nSPS) is 12.2. The largest absolute Gasteiger partial charge is 0.457 e. The number of ether oxygens (including phenoxy) is 1. The Bertz CT molecular complexity index is 566. The number of rotatable bonds is 5. The molecule has 0 saturated heterocycles. The molecule has 2 aromatic rings. The van der Waals surface area contributed by atoms with E-state index in [-0.39, 0.29) is 11.9 Å². The molecule has 2 rings (SSSR count). The highest BCUT2D eigenvalue weighted by atomic mass is 19.1. The highest BCUT2D eigenvalue weighted by molar-refractivity contribution is 5.40. The Morgan fingerprint density at radius 1 is 1.15 bits per heavy atom. The van der Waals surface area contributed by atoms with Crippen LogP contribution in [0.1, 0.15) is 24.5 Å². The zero-order valence-corrected chi connectivity index (χ0v) is 11.9. The summed E-state index contributed by atoms with van der Waals surface area (Å²) >= 11 is 0. The van der Waals surface area contributed by atoms with Gasteiger partial charge in [-0.2, -0.15) is 0 Å². The highest BCUT2D eigenvalue weighted by Gasteiger charge is 2.06. The fourth-order valence-corrected chi connectivity index (χ4v) is 2.03. The van der Waals surface area contributed by atoms with Gasteiger partial charge in [0.05, 0.1) is 0 Å². The Morgan fingerprint density at radius 3 is 2.45 bits per heavy atom. The second-order valence-corrected chi connectivity index (χ2v) is 5.03. The number of nitrogens with two attached hydrogens (primary N) is 1. The van der Waals surface area contributed by atoms with Gasteiger partial charge in [0, 0.05) is 6.04 Å². The fourth-order valence-electron chi connectivity index (χ4n) is 2.03. The van der Waals surface area contributed by atoms with Crippen LogP contribution in [0.4, 0.5) is 4.39 Å². The summed E-state index contributed by atoms with van der Waals surface area (Å²) in [4.78, 5) is 0. The molecule has 0 fully saturated rings. The van der Waals surface area contributed by atoms with Gasteiger partial charge in [-0.1, -0.05) is 19.1 Å². The van der Waals surface area contributed by atoms with Gasteiger partial charge in [-0.25, -0.2) is 4.39 Å². The molecule has 0 heterocycles. The average molecular weight is 273 g/mol. The molecule has 20 heavy (non-hydrogen) atoms. The van der Waals surface area contributed by atoms with Crippen molar-refractivity contribution in [1.29, 1.82) is 0 Å². The monoisotopic (exact) mass is 273 g/mol. The molecule has 0 saturated carbocycles. The minimum Gasteiger partial charge on any atom is -0.457 e. The fraction of sp³-hybridized carbons (Fsp3) is 0.294. The minimum atomic E-state index is -0.266. The Kier molecular flexibility index (Phi) is 4.74. The van der Waals surface area contributed by atoms with Crippen molar-refractivity contribution in [1.82, 2.24) is 0 Å². The smallest absolute Gasteiger partial charge is 0.130 e. The SMILES string of the molecule is CCC(N)Cc1ccc(Oc2ccc(F)cc2)c(C)c1. The van der Waals surface area contributed by atoms with E-state index in [1.165, 1.54) is 17.7 Å². The van der Waals surface area contributed by atoms with Crippen LogP contribution in [0.2, 0.25) is 0 Å². The standard InChI is InChI=1S/C17H20FNO/c1-3-15(19)11-13-4-9-17(12(2)10-13)20-16-7-5-14(18)6-8-16/h4-10,15H,3,11,19H2,1-2H3. The quantitative estimate of drug-likeness (QED) is 0.885. The topological polar surface area (TPSA) is 35.2 Å². The van der Waals surface area contributed by atoms with Crippen molar-refractivity contribution in [2.45, 2.75) is 32.7 Å². The van der Waals surface area contributed by atoms with E-state index in [9.17, 15) is 4.39 Å². The van der Waals surface area contributed by atoms with Crippen molar-refractivity contribution in [2.75, 3.05) is 0 Å². The molecule has 0 aliphatic heterocycles. The summed E-state index contributed by atoms with van der Waals surface area (Å²) < 4.78 is 18.6. The number of halogens is 1. The van der Waals surface area contributed by atoms with Crippen LogP contribution in [-0.2, 0) is 6.42 Å². The predicted molar refractivity (Wildman–Crippen MR) is 79.6 cm³/mol. The Hall–Kier alpha value is -1.87. The molecule has 2 aromatic carbocycles. The molecule has 0 radical (unpaired) electrons. The summed E-state index contributed by atoms with van der Waals surface area (Å²) in [6, 6.07) is 12.3. The molecule has 1 unspecified atom stereocenters. The van der Waals surface area contributed by atoms with E-state index in [0.717, 1.165) is 24.2 Å². The number of aryl methyl sites for hydroxylation is 1. The van der Waals surface area contributed by atoms with Crippen molar-refractivity contribution in [2.24, 2.45) is 5.73 Å². The van der Waals surface area contributed by atoms with Crippen LogP contribution in [0.3, 0.4) is 0 Å². The van der Waals surface area contributed by atoms with Gasteiger partial charge in [0.25, 0.3) is 0 Å². The minimum absolute atomic E-state index is 0.193. The van der Waals surface area contributed by atoms with E-state index >= 15 is 0 Å². The number of hydrogen-bond donors (Lipinski definition) is 1. The first-order chi connectivity index (χ1) is 9.58. The van der Waals surface area contributed by atoms with Crippen LogP contribution in [0, 0.1) is 12.7 Å². The molecule has 0 aliphatic rings. The Balaban J connectivity index is 2.11. The van der Waals surface area contributed by atoms with Gasteiger partial charge in [-0.05, 0) is 61.2 Å². The van der Waals surface area contributed by atoms with Gasteiger partial charge in [-0.3, -0.25) is 0 Å². The second-order valence-electron chi connectivity index (χ2n) is 5.03. The summed E-state index contributed by atoms with van der Waals surface area (Å²) in [5, 5.41) is 0. The molecule has 2 N–H and O–H groups in total. The van der Waals surface area contributed by atoms with Gasteiger partial charge in [-0.15, -0.1) is 0 Å². The Morgan fingerprint density at radius 2 is 1.85 bits per heavy atom. The third-order valence-electron chi connectivity index (χ3n) is 3.30. The van der Waals surface area contributed by atoms with Crippen LogP contribution >= 0.6 is 0 Å². The van der Waals surface area contributed by atoms with Crippen LogP contribution in [0.15, 0.2) is 42.5 Å². The Labute approximate surface area is 119 Å². The first-order valence-electron chi connectivity index (χ1n) is 6.87. The van der Waals surface area contributed by atoms with Crippen LogP contribution in [-0.4, -0.2) is 6.04 Å². The first kappa shape index (κ1) is 14.5. The molecule has 0 aromatic heterocycles. The molecule has 0 spiro atoms. The maximum Gasteiger partial charge on any atom is 0.130 e. The summed E-state index contributed by atoms with van der Waals surface area (Å²) in [5.41, 5.74) is 8.23. The lowest BCUT2D eigenvalue weighted by Crippen LogP contribution is -2.21. The third-order valence-corrected chi connectivity index (χ3v) is 3.30. The number of benzene rings is 2. The molecule has 2 nitrogen and oxygen atoms in total. The molecule has 1 atom stereocenters. The summed E-state index contributed by atoms with van der Waals surface area (Å²) in [5.74, 6) is 1.15. The van der Waals surface area contributed by atoms with Gasteiger partial charge in [0.1, 0.15) is 17.3 Å². The number of hydrogen-bond acceptors (Lipinski definition) is 2. The first-order valence-corrected chi connectivity index (χ1v) is 6.87. The predicted octanol–water partition coefficient (Wildman–Crippen LogP) is 4.21.